The third-order valence-corrected chi connectivity index (χ3v) is 4.15. The quantitative estimate of drug-likeness (QED) is 0.681. The number of piperidine rings is 1. The van der Waals surface area contributed by atoms with Gasteiger partial charge in [0.2, 0.25) is 5.91 Å². The Labute approximate surface area is 123 Å². The smallest absolute Gasteiger partial charge is 0.225 e. The van der Waals surface area contributed by atoms with Crippen molar-refractivity contribution in [3.63, 3.8) is 0 Å². The second-order valence-electron chi connectivity index (χ2n) is 5.37. The number of ether oxygens (including phenoxy) is 1. The Kier molecular flexibility index (Phi) is 8.82. The van der Waals surface area contributed by atoms with Crippen molar-refractivity contribution in [2.75, 3.05) is 59.5 Å². The highest BCUT2D eigenvalue weighted by Gasteiger charge is 2.25. The van der Waals surface area contributed by atoms with Crippen molar-refractivity contribution in [1.82, 2.24) is 15.1 Å². The van der Waals surface area contributed by atoms with E-state index in [9.17, 15) is 4.79 Å². The van der Waals surface area contributed by atoms with Gasteiger partial charge in [-0.2, -0.15) is 0 Å². The van der Waals surface area contributed by atoms with Crippen LogP contribution in [0.15, 0.2) is 0 Å². The summed E-state index contributed by atoms with van der Waals surface area (Å²) < 4.78 is 5.15. The molecule has 20 heavy (non-hydrogen) atoms. The summed E-state index contributed by atoms with van der Waals surface area (Å²) in [6.45, 7) is 11.4. The van der Waals surface area contributed by atoms with Crippen LogP contribution in [-0.2, 0) is 9.53 Å². The van der Waals surface area contributed by atoms with Crippen LogP contribution in [0.25, 0.3) is 0 Å². The SMILES string of the molecule is CCN(CC)CCN(CCOC)C(=O)C1CCNCC1. The van der Waals surface area contributed by atoms with Gasteiger partial charge in [0.15, 0.2) is 0 Å². The van der Waals surface area contributed by atoms with Gasteiger partial charge < -0.3 is 19.9 Å². The number of nitrogens with zero attached hydrogens (tertiary/aromatic N) is 2. The minimum Gasteiger partial charge on any atom is -0.383 e. The van der Waals surface area contributed by atoms with Gasteiger partial charge in [0.25, 0.3) is 0 Å². The Morgan fingerprint density at radius 3 is 2.35 bits per heavy atom. The van der Waals surface area contributed by atoms with Gasteiger partial charge in [0, 0.05) is 32.7 Å². The van der Waals surface area contributed by atoms with Gasteiger partial charge in [-0.15, -0.1) is 0 Å². The number of carbonyl (C=O) groups is 1. The van der Waals surface area contributed by atoms with Gasteiger partial charge in [0.1, 0.15) is 0 Å². The van der Waals surface area contributed by atoms with Crippen LogP contribution in [0, 0.1) is 5.92 Å². The summed E-state index contributed by atoms with van der Waals surface area (Å²) in [6.07, 6.45) is 1.93. The van der Waals surface area contributed by atoms with E-state index in [1.807, 2.05) is 4.90 Å². The third-order valence-electron chi connectivity index (χ3n) is 4.15. The molecule has 0 aromatic rings. The first-order valence-electron chi connectivity index (χ1n) is 7.93. The second kappa shape index (κ2) is 10.1. The second-order valence-corrected chi connectivity index (χ2v) is 5.37. The average Bonchev–Trinajstić information content (AvgIpc) is 2.51. The van der Waals surface area contributed by atoms with E-state index in [1.54, 1.807) is 7.11 Å². The molecule has 1 heterocycles. The molecule has 1 aliphatic heterocycles. The molecule has 1 fully saturated rings. The van der Waals surface area contributed by atoms with Gasteiger partial charge in [-0.1, -0.05) is 13.8 Å². The van der Waals surface area contributed by atoms with E-state index in [0.29, 0.717) is 19.1 Å². The number of methoxy groups -OCH3 is 1. The largest absolute Gasteiger partial charge is 0.383 e. The Morgan fingerprint density at radius 2 is 1.80 bits per heavy atom. The van der Waals surface area contributed by atoms with Crippen LogP contribution in [0.3, 0.4) is 0 Å². The fourth-order valence-corrected chi connectivity index (χ4v) is 2.66. The van der Waals surface area contributed by atoms with Crippen LogP contribution in [0.1, 0.15) is 26.7 Å². The molecule has 118 valence electrons. The fourth-order valence-electron chi connectivity index (χ4n) is 2.66. The number of hydrogen-bond donors (Lipinski definition) is 1. The molecule has 0 aromatic heterocycles. The summed E-state index contributed by atoms with van der Waals surface area (Å²) in [5, 5.41) is 3.32. The molecule has 5 nitrogen and oxygen atoms in total. The minimum atomic E-state index is 0.199. The normalized spacial score (nSPS) is 16.6. The zero-order valence-electron chi connectivity index (χ0n) is 13.4. The number of carbonyl (C=O) groups excluding carboxylic acids is 1. The standard InChI is InChI=1S/C15H31N3O2/c1-4-17(5-2)10-11-18(12-13-20-3)15(19)14-6-8-16-9-7-14/h14,16H,4-13H2,1-3H3. The van der Waals surface area contributed by atoms with Crippen molar-refractivity contribution >= 4 is 5.91 Å². The van der Waals surface area contributed by atoms with Crippen molar-refractivity contribution in [2.45, 2.75) is 26.7 Å². The molecule has 0 spiro atoms. The van der Waals surface area contributed by atoms with E-state index < -0.39 is 0 Å². The minimum absolute atomic E-state index is 0.199. The van der Waals surface area contributed by atoms with Crippen molar-refractivity contribution < 1.29 is 9.53 Å². The molecule has 0 radical (unpaired) electrons. The van der Waals surface area contributed by atoms with Crippen LogP contribution in [-0.4, -0.2) is 75.2 Å². The highest BCUT2D eigenvalue weighted by atomic mass is 16.5. The van der Waals surface area contributed by atoms with E-state index >= 15 is 0 Å². The topological polar surface area (TPSA) is 44.8 Å². The predicted octanol–water partition coefficient (Wildman–Crippen LogP) is 0.803. The van der Waals surface area contributed by atoms with Gasteiger partial charge in [-0.3, -0.25) is 4.79 Å². The Hall–Kier alpha value is -0.650. The van der Waals surface area contributed by atoms with E-state index in [2.05, 4.69) is 24.1 Å². The molecule has 1 saturated heterocycles. The maximum atomic E-state index is 12.6. The molecule has 5 heteroatoms. The van der Waals surface area contributed by atoms with Crippen LogP contribution in [0.4, 0.5) is 0 Å². The summed E-state index contributed by atoms with van der Waals surface area (Å²) in [5.41, 5.74) is 0. The first kappa shape index (κ1) is 17.4. The number of amides is 1. The molecule has 1 amide bonds. The molecule has 1 rings (SSSR count). The van der Waals surface area contributed by atoms with Crippen molar-refractivity contribution in [3.05, 3.63) is 0 Å². The molecule has 0 bridgehead atoms. The van der Waals surface area contributed by atoms with E-state index in [4.69, 9.17) is 4.74 Å². The van der Waals surface area contributed by atoms with E-state index in [-0.39, 0.29) is 5.92 Å². The summed E-state index contributed by atoms with van der Waals surface area (Å²) >= 11 is 0. The van der Waals surface area contributed by atoms with Gasteiger partial charge in [0.05, 0.1) is 6.61 Å². The van der Waals surface area contributed by atoms with E-state index in [0.717, 1.165) is 52.1 Å². The van der Waals surface area contributed by atoms with Crippen LogP contribution in [0.2, 0.25) is 0 Å². The highest BCUT2D eigenvalue weighted by molar-refractivity contribution is 5.79. The predicted molar refractivity (Wildman–Crippen MR) is 81.8 cm³/mol. The third kappa shape index (κ3) is 5.77. The van der Waals surface area contributed by atoms with Crippen LogP contribution >= 0.6 is 0 Å². The first-order chi connectivity index (χ1) is 9.72. The summed E-state index contributed by atoms with van der Waals surface area (Å²) in [7, 11) is 1.69. The zero-order chi connectivity index (χ0) is 14.8. The molecular weight excluding hydrogens is 254 g/mol. The van der Waals surface area contributed by atoms with Crippen molar-refractivity contribution in [1.29, 1.82) is 0 Å². The lowest BCUT2D eigenvalue weighted by molar-refractivity contribution is -0.137. The average molecular weight is 285 g/mol. The molecule has 0 aliphatic carbocycles. The lowest BCUT2D eigenvalue weighted by Crippen LogP contribution is -2.45. The molecule has 1 aliphatic rings. The van der Waals surface area contributed by atoms with Crippen LogP contribution < -0.4 is 5.32 Å². The van der Waals surface area contributed by atoms with Crippen LogP contribution in [0.5, 0.6) is 0 Å². The summed E-state index contributed by atoms with van der Waals surface area (Å²) in [5.74, 6) is 0.514. The maximum Gasteiger partial charge on any atom is 0.225 e. The molecular formula is C15H31N3O2. The van der Waals surface area contributed by atoms with E-state index in [1.165, 1.54) is 0 Å². The molecule has 0 saturated carbocycles. The lowest BCUT2D eigenvalue weighted by Gasteiger charge is -2.31. The van der Waals surface area contributed by atoms with Crippen molar-refractivity contribution in [2.24, 2.45) is 5.92 Å². The molecule has 0 aromatic carbocycles. The monoisotopic (exact) mass is 285 g/mol. The number of rotatable bonds is 9. The molecule has 1 N–H and O–H groups in total. The zero-order valence-corrected chi connectivity index (χ0v) is 13.4. The first-order valence-corrected chi connectivity index (χ1v) is 7.93. The number of likely N-dealkylation sites (N-methyl/N-ethyl adjacent to an activating group) is 1. The maximum absolute atomic E-state index is 12.6. The van der Waals surface area contributed by atoms with Crippen molar-refractivity contribution in [3.8, 4) is 0 Å². The summed E-state index contributed by atoms with van der Waals surface area (Å²) in [4.78, 5) is 17.0. The Morgan fingerprint density at radius 1 is 1.15 bits per heavy atom. The van der Waals surface area contributed by atoms with Gasteiger partial charge in [-0.25, -0.2) is 0 Å². The molecule has 0 atom stereocenters. The summed E-state index contributed by atoms with van der Waals surface area (Å²) in [6, 6.07) is 0. The Balaban J connectivity index is 2.50. The number of nitrogens with one attached hydrogen (secondary N) is 1. The Bertz CT molecular complexity index is 264. The fraction of sp³-hybridized carbons (Fsp3) is 0.933. The van der Waals surface area contributed by atoms with Gasteiger partial charge in [-0.05, 0) is 39.0 Å². The lowest BCUT2D eigenvalue weighted by atomic mass is 9.96. The van der Waals surface area contributed by atoms with Gasteiger partial charge >= 0.3 is 0 Å². The molecule has 0 unspecified atom stereocenters. The highest BCUT2D eigenvalue weighted by Crippen LogP contribution is 2.15. The number of hydrogen-bond acceptors (Lipinski definition) is 4.